The van der Waals surface area contributed by atoms with Crippen molar-refractivity contribution in [3.63, 3.8) is 0 Å². The van der Waals surface area contributed by atoms with Gasteiger partial charge in [-0.1, -0.05) is 44.2 Å². The largest absolute Gasteiger partial charge is 0.496 e. The first-order valence-electron chi connectivity index (χ1n) is 30.5. The van der Waals surface area contributed by atoms with E-state index in [9.17, 15) is 33.7 Å². The fourth-order valence-electron chi connectivity index (χ4n) is 16.0. The molecule has 5 N–H and O–H groups in total. The van der Waals surface area contributed by atoms with Gasteiger partial charge < -0.3 is 48.1 Å². The van der Waals surface area contributed by atoms with Gasteiger partial charge in [-0.2, -0.15) is 0 Å². The number of hydrogen-bond acceptors (Lipinski definition) is 16. The SMILES string of the molecule is CC[C@]1(O)C[C@H]2C[N@](CCc3c([nH]c4ccccc34)[C@@](C(=O)OC)(c3cc4c(cc3OC)N(C=O)[C@H]3[C@@](O)(C(=O)OC)[C@H](OC(C)=O)[C@]5(CC)C=CCN6CC[C@]43[C@@H]65)C2)C1.O=P1(N(CCCl)CCCl)NCCCO1.O=P1(NCCCl)OCCCN1CCCl. The first-order chi connectivity index (χ1) is 42.2. The molecule has 11 rings (SSSR count). The second kappa shape index (κ2) is 28.5. The number of carbonyl (C=O) groups excluding carboxylic acids is 4. The number of piperidine rings is 1. The maximum atomic E-state index is 15.3. The van der Waals surface area contributed by atoms with Gasteiger partial charge in [0.2, 0.25) is 12.0 Å². The van der Waals surface area contributed by atoms with Crippen LogP contribution in [-0.2, 0) is 68.8 Å². The highest BCUT2D eigenvalue weighted by molar-refractivity contribution is 7.54. The molecule has 1 aromatic heterocycles. The van der Waals surface area contributed by atoms with E-state index in [1.165, 1.54) is 33.2 Å². The van der Waals surface area contributed by atoms with Crippen LogP contribution in [0.3, 0.4) is 0 Å². The van der Waals surface area contributed by atoms with Gasteiger partial charge in [-0.05, 0) is 87.1 Å². The zero-order valence-electron chi connectivity index (χ0n) is 51.1. The third kappa shape index (κ3) is 12.2. The molecule has 8 aliphatic rings. The summed E-state index contributed by atoms with van der Waals surface area (Å²) in [5.41, 5.74) is -3.15. The molecule has 2 bridgehead atoms. The van der Waals surface area contributed by atoms with E-state index in [4.69, 9.17) is 74.4 Å². The first-order valence-corrected chi connectivity index (χ1v) is 35.7. The van der Waals surface area contributed by atoms with Crippen molar-refractivity contribution in [3.8, 4) is 5.75 Å². The number of esters is 3. The number of fused-ring (bicyclic) bond motifs is 6. The van der Waals surface area contributed by atoms with E-state index < -0.39 is 78.9 Å². The van der Waals surface area contributed by atoms with Crippen LogP contribution in [-0.4, -0.2) is 218 Å². The number of benzene rings is 2. The lowest BCUT2D eigenvalue weighted by atomic mass is 9.47. The maximum Gasteiger partial charge on any atom is 0.344 e. The molecule has 5 fully saturated rings. The molecule has 4 saturated heterocycles. The lowest BCUT2D eigenvalue weighted by Crippen LogP contribution is -2.81. The van der Waals surface area contributed by atoms with Crippen molar-refractivity contribution in [3.05, 3.63) is 70.9 Å². The predicted octanol–water partition coefficient (Wildman–Crippen LogP) is 7.29. The fourth-order valence-corrected chi connectivity index (χ4v) is 21.1. The molecule has 1 saturated carbocycles. The average Bonchev–Trinajstić information content (AvgIpc) is 1.40. The number of ether oxygens (including phenoxy) is 4. The summed E-state index contributed by atoms with van der Waals surface area (Å²) < 4.78 is 62.1. The molecule has 2 unspecified atom stereocenters. The molecule has 12 atom stereocenters. The molecule has 3 aromatic rings. The molecule has 28 heteroatoms. The highest BCUT2D eigenvalue weighted by Crippen LogP contribution is 2.68. The highest BCUT2D eigenvalue weighted by Gasteiger charge is 2.81. The van der Waals surface area contributed by atoms with Crippen LogP contribution in [0.5, 0.6) is 5.75 Å². The zero-order valence-corrected chi connectivity index (χ0v) is 55.9. The van der Waals surface area contributed by atoms with E-state index in [0.717, 1.165) is 42.4 Å². The van der Waals surface area contributed by atoms with Gasteiger partial charge in [-0.15, -0.1) is 46.4 Å². The van der Waals surface area contributed by atoms with Crippen molar-refractivity contribution in [2.45, 2.75) is 112 Å². The first kappa shape index (κ1) is 69.0. The van der Waals surface area contributed by atoms with Crippen molar-refractivity contribution in [1.29, 1.82) is 0 Å². The Kier molecular flexibility index (Phi) is 22.3. The number of aromatic nitrogens is 1. The number of carbonyl (C=O) groups is 4. The van der Waals surface area contributed by atoms with Crippen LogP contribution in [0.2, 0.25) is 0 Å². The Bertz CT molecular complexity index is 3120. The van der Waals surface area contributed by atoms with Crippen LogP contribution in [0.15, 0.2) is 48.6 Å². The second-order valence-electron chi connectivity index (χ2n) is 24.0. The second-order valence-corrected chi connectivity index (χ2v) is 29.9. The average molecular weight is 1350 g/mol. The smallest absolute Gasteiger partial charge is 0.344 e. The normalized spacial score (nSPS) is 34.0. The van der Waals surface area contributed by atoms with Gasteiger partial charge in [0.15, 0.2) is 6.10 Å². The molecule has 1 spiro atoms. The molecular weight excluding hydrogens is 1260 g/mol. The van der Waals surface area contributed by atoms with Gasteiger partial charge in [-0.25, -0.2) is 24.3 Å². The number of anilines is 1. The summed E-state index contributed by atoms with van der Waals surface area (Å²) in [7, 11) is -1.59. The van der Waals surface area contributed by atoms with E-state index in [1.807, 2.05) is 50.3 Å². The molecule has 7 aliphatic heterocycles. The van der Waals surface area contributed by atoms with Crippen molar-refractivity contribution in [1.82, 2.24) is 34.3 Å². The van der Waals surface area contributed by atoms with Gasteiger partial charge in [0.25, 0.3) is 0 Å². The van der Waals surface area contributed by atoms with Gasteiger partial charge in [-0.3, -0.25) is 33.3 Å². The molecule has 2 aromatic carbocycles. The van der Waals surface area contributed by atoms with E-state index in [-0.39, 0.29) is 12.3 Å². The number of aliphatic hydroxyl groups is 2. The topological polar surface area (TPSA) is 254 Å². The van der Waals surface area contributed by atoms with Crippen molar-refractivity contribution in [2.75, 3.05) is 135 Å². The number of rotatable bonds is 18. The van der Waals surface area contributed by atoms with E-state index >= 15 is 4.79 Å². The number of H-pyrrole nitrogens is 1. The van der Waals surface area contributed by atoms with Crippen molar-refractivity contribution >= 4 is 103 Å². The predicted molar refractivity (Wildman–Crippen MR) is 339 cm³/mol. The number of amides is 1. The van der Waals surface area contributed by atoms with Crippen LogP contribution in [0.25, 0.3) is 10.9 Å². The molecular formula is C60H86Cl4N8O14P2. The summed E-state index contributed by atoms with van der Waals surface area (Å²) in [6.45, 7) is 12.8. The summed E-state index contributed by atoms with van der Waals surface area (Å²) in [4.78, 5) is 66.1. The van der Waals surface area contributed by atoms with Gasteiger partial charge in [0.1, 0.15) is 11.2 Å². The molecule has 0 radical (unpaired) electrons. The summed E-state index contributed by atoms with van der Waals surface area (Å²) >= 11 is 22.4. The molecule has 22 nitrogen and oxygen atoms in total. The summed E-state index contributed by atoms with van der Waals surface area (Å²) in [5, 5.41) is 32.0. The minimum atomic E-state index is -2.84. The van der Waals surface area contributed by atoms with Crippen LogP contribution >= 0.6 is 61.7 Å². The maximum absolute atomic E-state index is 15.3. The van der Waals surface area contributed by atoms with Crippen molar-refractivity contribution in [2.24, 2.45) is 11.3 Å². The minimum absolute atomic E-state index is 0.155. The number of halogens is 4. The lowest BCUT2D eigenvalue weighted by Gasteiger charge is -2.63. The molecule has 8 heterocycles. The van der Waals surface area contributed by atoms with Crippen LogP contribution < -0.4 is 19.8 Å². The Morgan fingerprint density at radius 3 is 2.27 bits per heavy atom. The Balaban J connectivity index is 0.000000269. The molecule has 1 amide bonds. The third-order valence-electron chi connectivity index (χ3n) is 19.4. The molecule has 1 aliphatic carbocycles. The standard InChI is InChI=1S/C46H56N4O10.2C7H15Cl2N2O2P/c1-7-42(55)22-28-23-45(40(53)58-5,36-30(14-18-48(24-28)25-42)29-12-9-10-13-33(29)47-36)32-20-31-34(21-35(32)57-4)50(26-51)38-44(31)16-19-49-17-11-15-43(8-2,37(44)49)39(60-27(3)52)46(38,56)41(54)59-6;8-2-4-10-14(12)11(6-3-9)5-1-7-13-14;8-2-5-11(6-3-9)14(12)10-4-1-7-13-14/h9-13,15,20-21,26,28,37-39,47,55-56H,7-8,14,16-19,22-25H2,1-6H3;2*1-7H2,(H,10,12)/t28-,37+,38-,39-,42+,43-,44-,45+,46+;;/m1../s1. The Morgan fingerprint density at radius 2 is 1.64 bits per heavy atom. The van der Waals surface area contributed by atoms with Gasteiger partial charge >= 0.3 is 33.2 Å². The van der Waals surface area contributed by atoms with Gasteiger partial charge in [0, 0.05) is 141 Å². The fraction of sp³-hybridized carbons (Fsp3) is 0.667. The quantitative estimate of drug-likeness (QED) is 0.0209. The number of alkyl halides is 4. The molecule has 488 valence electrons. The van der Waals surface area contributed by atoms with Gasteiger partial charge in [0.05, 0.1) is 51.9 Å². The summed E-state index contributed by atoms with van der Waals surface area (Å²) in [6.07, 6.45) is 7.61. The van der Waals surface area contributed by atoms with Crippen LogP contribution in [0, 0.1) is 11.3 Å². The summed E-state index contributed by atoms with van der Waals surface area (Å²) in [6, 6.07) is 9.97. The van der Waals surface area contributed by atoms with Crippen molar-refractivity contribution < 1.29 is 66.5 Å². The number of para-hydroxylation sites is 1. The number of nitrogens with zero attached hydrogens (tertiary/aromatic N) is 5. The van der Waals surface area contributed by atoms with Crippen LogP contribution in [0.4, 0.5) is 5.69 Å². The molecule has 88 heavy (non-hydrogen) atoms. The Labute approximate surface area is 535 Å². The minimum Gasteiger partial charge on any atom is -0.496 e. The third-order valence-corrected chi connectivity index (χ3v) is 24.7. The van der Waals surface area contributed by atoms with Crippen LogP contribution in [0.1, 0.15) is 88.1 Å². The zero-order chi connectivity index (χ0) is 63.5. The highest BCUT2D eigenvalue weighted by atomic mass is 35.5. The monoisotopic (exact) mass is 1340 g/mol. The number of hydrogen-bond donors (Lipinski definition) is 5. The number of methoxy groups -OCH3 is 3. The lowest BCUT2D eigenvalue weighted by molar-refractivity contribution is -0.228. The summed E-state index contributed by atoms with van der Waals surface area (Å²) in [5.74, 6) is -0.347. The van der Waals surface area contributed by atoms with E-state index in [2.05, 4.69) is 31.0 Å². The number of aromatic amines is 1. The van der Waals surface area contributed by atoms with E-state index in [0.29, 0.717) is 162 Å². The Hall–Kier alpha value is -3.38. The van der Waals surface area contributed by atoms with E-state index in [1.54, 1.807) is 15.4 Å². The number of nitrogens with one attached hydrogen (secondary N) is 3. The Morgan fingerprint density at radius 1 is 0.898 bits per heavy atom.